The van der Waals surface area contributed by atoms with Crippen LogP contribution in [-0.4, -0.2) is 41.7 Å². The topological polar surface area (TPSA) is 63.4 Å². The Balaban J connectivity index is 0.00000192. The first-order valence-electron chi connectivity index (χ1n) is 7.26. The third kappa shape index (κ3) is 4.14. The summed E-state index contributed by atoms with van der Waals surface area (Å²) in [5.41, 5.74) is 0.903. The van der Waals surface area contributed by atoms with Gasteiger partial charge in [0.05, 0.1) is 6.04 Å². The number of ether oxygens (including phenoxy) is 1. The maximum atomic E-state index is 6.07. The molecule has 1 fully saturated rings. The second-order valence-electron chi connectivity index (χ2n) is 5.40. The van der Waals surface area contributed by atoms with Crippen molar-refractivity contribution in [1.29, 1.82) is 0 Å². The molecule has 0 saturated carbocycles. The molecule has 1 unspecified atom stereocenters. The molecule has 8 heteroatoms. The molecule has 1 aliphatic rings. The number of hydrogen-bond donors (Lipinski definition) is 1. The van der Waals surface area contributed by atoms with Crippen LogP contribution in [0.4, 0.5) is 0 Å². The predicted octanol–water partition coefficient (Wildman–Crippen LogP) is 2.61. The third-order valence-corrected chi connectivity index (χ3v) is 4.27. The van der Waals surface area contributed by atoms with Gasteiger partial charge < -0.3 is 14.6 Å². The van der Waals surface area contributed by atoms with Crippen molar-refractivity contribution in [2.24, 2.45) is 0 Å². The minimum Gasteiger partial charge on any atom is -0.483 e. The van der Waals surface area contributed by atoms with E-state index < -0.39 is 0 Å². The number of benzene rings is 1. The Bertz CT molecular complexity index is 650. The molecule has 1 N–H and O–H groups in total. The van der Waals surface area contributed by atoms with Gasteiger partial charge in [0.2, 0.25) is 0 Å². The molecule has 1 aliphatic heterocycles. The SMILES string of the molecule is Cc1c(Cl)cccc1OCc1nc(C2CNCCN2C)no1.Cl. The van der Waals surface area contributed by atoms with E-state index in [4.69, 9.17) is 20.9 Å². The van der Waals surface area contributed by atoms with Gasteiger partial charge in [-0.1, -0.05) is 22.8 Å². The summed E-state index contributed by atoms with van der Waals surface area (Å²) < 4.78 is 11.0. The first-order chi connectivity index (χ1) is 10.6. The fourth-order valence-corrected chi connectivity index (χ4v) is 2.61. The summed E-state index contributed by atoms with van der Waals surface area (Å²) >= 11 is 6.07. The Hall–Kier alpha value is -1.34. The van der Waals surface area contributed by atoms with E-state index in [1.807, 2.05) is 25.1 Å². The van der Waals surface area contributed by atoms with E-state index in [1.165, 1.54) is 0 Å². The van der Waals surface area contributed by atoms with Crippen molar-refractivity contribution in [3.8, 4) is 5.75 Å². The molecular weight excluding hydrogens is 339 g/mol. The second-order valence-corrected chi connectivity index (χ2v) is 5.81. The van der Waals surface area contributed by atoms with Crippen molar-refractivity contribution in [1.82, 2.24) is 20.4 Å². The zero-order valence-corrected chi connectivity index (χ0v) is 14.7. The summed E-state index contributed by atoms with van der Waals surface area (Å²) in [6.07, 6.45) is 0. The summed E-state index contributed by atoms with van der Waals surface area (Å²) in [6, 6.07) is 5.70. The van der Waals surface area contributed by atoms with Gasteiger partial charge in [-0.3, -0.25) is 4.90 Å². The quantitative estimate of drug-likeness (QED) is 0.906. The first kappa shape index (κ1) is 18.0. The van der Waals surface area contributed by atoms with Crippen molar-refractivity contribution < 1.29 is 9.26 Å². The predicted molar refractivity (Wildman–Crippen MR) is 90.3 cm³/mol. The van der Waals surface area contributed by atoms with Crippen LogP contribution in [0.1, 0.15) is 23.3 Å². The molecule has 1 aromatic heterocycles. The van der Waals surface area contributed by atoms with E-state index in [0.717, 1.165) is 30.9 Å². The van der Waals surface area contributed by atoms with Crippen LogP contribution < -0.4 is 10.1 Å². The number of piperazine rings is 1. The Labute approximate surface area is 146 Å². The molecule has 1 saturated heterocycles. The van der Waals surface area contributed by atoms with E-state index in [1.54, 1.807) is 0 Å². The second kappa shape index (κ2) is 7.97. The maximum absolute atomic E-state index is 6.07. The minimum atomic E-state index is 0. The van der Waals surface area contributed by atoms with Gasteiger partial charge in [-0.25, -0.2) is 0 Å². The fourth-order valence-electron chi connectivity index (χ4n) is 2.44. The van der Waals surface area contributed by atoms with Crippen LogP contribution in [-0.2, 0) is 6.61 Å². The third-order valence-electron chi connectivity index (χ3n) is 3.86. The number of nitrogens with one attached hydrogen (secondary N) is 1. The molecular formula is C15H20Cl2N4O2. The lowest BCUT2D eigenvalue weighted by atomic mass is 10.2. The van der Waals surface area contributed by atoms with Crippen LogP contribution >= 0.6 is 24.0 Å². The minimum absolute atomic E-state index is 0. The summed E-state index contributed by atoms with van der Waals surface area (Å²) in [6.45, 7) is 4.92. The summed E-state index contributed by atoms with van der Waals surface area (Å²) in [4.78, 5) is 6.65. The normalized spacial score (nSPS) is 18.5. The van der Waals surface area contributed by atoms with Crippen molar-refractivity contribution >= 4 is 24.0 Å². The molecule has 0 aliphatic carbocycles. The molecule has 0 amide bonds. The standard InChI is InChI=1S/C15H19ClN4O2.ClH/c1-10-11(16)4-3-5-13(10)21-9-14-18-15(19-22-14)12-8-17-6-7-20(12)2;/h3-5,12,17H,6-9H2,1-2H3;1H. The molecule has 0 radical (unpaired) electrons. The molecule has 0 bridgehead atoms. The largest absolute Gasteiger partial charge is 0.483 e. The molecule has 126 valence electrons. The Kier molecular flexibility index (Phi) is 6.24. The van der Waals surface area contributed by atoms with Gasteiger partial charge in [0.15, 0.2) is 12.4 Å². The lowest BCUT2D eigenvalue weighted by Crippen LogP contribution is -2.44. The molecule has 6 nitrogen and oxygen atoms in total. The van der Waals surface area contributed by atoms with Gasteiger partial charge in [-0.2, -0.15) is 4.98 Å². The van der Waals surface area contributed by atoms with Crippen LogP contribution in [0, 0.1) is 6.92 Å². The molecule has 3 rings (SSSR count). The summed E-state index contributed by atoms with van der Waals surface area (Å²) in [5.74, 6) is 1.88. The molecule has 2 aromatic rings. The van der Waals surface area contributed by atoms with E-state index in [2.05, 4.69) is 27.4 Å². The Morgan fingerprint density at radius 1 is 1.48 bits per heavy atom. The summed E-state index contributed by atoms with van der Waals surface area (Å²) in [5, 5.41) is 8.08. The van der Waals surface area contributed by atoms with Crippen LogP contribution in [0.25, 0.3) is 0 Å². The van der Waals surface area contributed by atoms with Crippen molar-refractivity contribution in [2.75, 3.05) is 26.7 Å². The van der Waals surface area contributed by atoms with Crippen molar-refractivity contribution in [2.45, 2.75) is 19.6 Å². The van der Waals surface area contributed by atoms with Crippen molar-refractivity contribution in [3.05, 3.63) is 40.5 Å². The Morgan fingerprint density at radius 3 is 3.09 bits per heavy atom. The number of hydrogen-bond acceptors (Lipinski definition) is 6. The molecule has 23 heavy (non-hydrogen) atoms. The van der Waals surface area contributed by atoms with E-state index in [9.17, 15) is 0 Å². The number of halogens is 2. The lowest BCUT2D eigenvalue weighted by molar-refractivity contribution is 0.189. The van der Waals surface area contributed by atoms with E-state index >= 15 is 0 Å². The van der Waals surface area contributed by atoms with Gasteiger partial charge in [0, 0.05) is 30.2 Å². The molecule has 1 atom stereocenters. The van der Waals surface area contributed by atoms with Gasteiger partial charge in [0.1, 0.15) is 5.75 Å². The first-order valence-corrected chi connectivity index (χ1v) is 7.64. The van der Waals surface area contributed by atoms with Gasteiger partial charge >= 0.3 is 0 Å². The highest BCUT2D eigenvalue weighted by Crippen LogP contribution is 2.26. The van der Waals surface area contributed by atoms with Crippen LogP contribution in [0.2, 0.25) is 5.02 Å². The van der Waals surface area contributed by atoms with Crippen LogP contribution in [0.15, 0.2) is 22.7 Å². The van der Waals surface area contributed by atoms with E-state index in [0.29, 0.717) is 16.7 Å². The molecule has 2 heterocycles. The highest BCUT2D eigenvalue weighted by Gasteiger charge is 2.25. The zero-order chi connectivity index (χ0) is 15.5. The van der Waals surface area contributed by atoms with E-state index in [-0.39, 0.29) is 25.1 Å². The smallest absolute Gasteiger partial charge is 0.264 e. The number of nitrogens with zero attached hydrogens (tertiary/aromatic N) is 3. The summed E-state index contributed by atoms with van der Waals surface area (Å²) in [7, 11) is 2.06. The monoisotopic (exact) mass is 358 g/mol. The number of aromatic nitrogens is 2. The van der Waals surface area contributed by atoms with Crippen LogP contribution in [0.3, 0.4) is 0 Å². The number of rotatable bonds is 4. The van der Waals surface area contributed by atoms with Crippen molar-refractivity contribution in [3.63, 3.8) is 0 Å². The average Bonchev–Trinajstić information content (AvgIpc) is 2.98. The average molecular weight is 359 g/mol. The molecule has 1 aromatic carbocycles. The highest BCUT2D eigenvalue weighted by molar-refractivity contribution is 6.31. The zero-order valence-electron chi connectivity index (χ0n) is 13.1. The van der Waals surface area contributed by atoms with Gasteiger partial charge in [-0.15, -0.1) is 12.4 Å². The van der Waals surface area contributed by atoms with Gasteiger partial charge in [0.25, 0.3) is 5.89 Å². The lowest BCUT2D eigenvalue weighted by Gasteiger charge is -2.30. The highest BCUT2D eigenvalue weighted by atomic mass is 35.5. The fraction of sp³-hybridized carbons (Fsp3) is 0.467. The Morgan fingerprint density at radius 2 is 2.30 bits per heavy atom. The molecule has 0 spiro atoms. The number of likely N-dealkylation sites (N-methyl/N-ethyl adjacent to an activating group) is 1. The van der Waals surface area contributed by atoms with Crippen LogP contribution in [0.5, 0.6) is 5.75 Å². The van der Waals surface area contributed by atoms with Gasteiger partial charge in [-0.05, 0) is 26.1 Å². The maximum Gasteiger partial charge on any atom is 0.264 e.